The maximum absolute atomic E-state index is 1.69. The van der Waals surface area contributed by atoms with Crippen LogP contribution in [0.25, 0.3) is 0 Å². The molecule has 0 radical (unpaired) electrons. The Hall–Kier alpha value is 0. The van der Waals surface area contributed by atoms with Gasteiger partial charge >= 0.3 is 0 Å². The number of hydrogen-bond donors (Lipinski definition) is 0. The lowest BCUT2D eigenvalue weighted by atomic mass is 9.39. The monoisotopic (exact) mass is 322 g/mol. The predicted octanol–water partition coefficient (Wildman–Crippen LogP) is 5.62. The van der Waals surface area contributed by atoms with Crippen LogP contribution in [0.15, 0.2) is 0 Å². The minimum absolute atomic E-state index is 1.19. The molecule has 0 nitrogen and oxygen atoms in total. The minimum atomic E-state index is 1.19. The first-order chi connectivity index (χ1) is 11.9. The molecule has 0 bridgehead atoms. The SMILES string of the molecule is C1CC2C3CCC4CC5CCC6C7CCC8CC1C2C(C87)C(C43)C56. The van der Waals surface area contributed by atoms with E-state index in [1.807, 2.05) is 0 Å². The Kier molecular flexibility index (Phi) is 2.27. The van der Waals surface area contributed by atoms with Crippen LogP contribution in [-0.2, 0) is 0 Å². The standard InChI is InChI=1S/C24H34/c1-5-15-16-6-3-13-10-14-4-8-18-17-7-2-12-9-11(1)19(15)23(20(12)17)24(21(13)16)22(14)18/h11-24H,1-10H2. The van der Waals surface area contributed by atoms with Crippen molar-refractivity contribution in [2.45, 2.75) is 64.2 Å². The van der Waals surface area contributed by atoms with Crippen LogP contribution in [-0.4, -0.2) is 0 Å². The normalized spacial score (nSPS) is 73.0. The molecular weight excluding hydrogens is 288 g/mol. The number of fused-ring (bicyclic) bond motifs is 2. The fourth-order valence-electron chi connectivity index (χ4n) is 12.4. The van der Waals surface area contributed by atoms with Gasteiger partial charge < -0.3 is 0 Å². The third kappa shape index (κ3) is 1.25. The Morgan fingerprint density at radius 3 is 0.875 bits per heavy atom. The maximum Gasteiger partial charge on any atom is -0.0313 e. The lowest BCUT2D eigenvalue weighted by Gasteiger charge is -2.65. The molecule has 8 saturated carbocycles. The second-order valence-electron chi connectivity index (χ2n) is 11.9. The summed E-state index contributed by atoms with van der Waals surface area (Å²) in [6.45, 7) is 0. The lowest BCUT2D eigenvalue weighted by Crippen LogP contribution is -2.61. The van der Waals surface area contributed by atoms with E-state index in [9.17, 15) is 0 Å². The van der Waals surface area contributed by atoms with E-state index in [2.05, 4.69) is 0 Å². The summed E-state index contributed by atoms with van der Waals surface area (Å²) in [5.41, 5.74) is 0. The van der Waals surface area contributed by atoms with Crippen LogP contribution in [0.1, 0.15) is 64.2 Å². The van der Waals surface area contributed by atoms with Gasteiger partial charge in [0, 0.05) is 0 Å². The fraction of sp³-hybridized carbons (Fsp3) is 1.00. The zero-order valence-electron chi connectivity index (χ0n) is 15.2. The van der Waals surface area contributed by atoms with Gasteiger partial charge in [-0.05, 0) is 147 Å². The molecule has 8 aliphatic rings. The van der Waals surface area contributed by atoms with Gasteiger partial charge in [0.25, 0.3) is 0 Å². The molecule has 8 aliphatic carbocycles. The number of hydrogen-bond acceptors (Lipinski definition) is 0. The highest BCUT2D eigenvalue weighted by Gasteiger charge is 2.71. The third-order valence-electron chi connectivity index (χ3n) is 12.2. The highest BCUT2D eigenvalue weighted by molar-refractivity contribution is 5.19. The van der Waals surface area contributed by atoms with E-state index in [1.54, 1.807) is 64.2 Å². The first-order valence-corrected chi connectivity index (χ1v) is 11.9. The highest BCUT2D eigenvalue weighted by atomic mass is 14.8. The molecule has 0 heteroatoms. The molecule has 0 aromatic rings. The second kappa shape index (κ2) is 4.12. The van der Waals surface area contributed by atoms with E-state index in [0.717, 1.165) is 0 Å². The van der Waals surface area contributed by atoms with Crippen molar-refractivity contribution in [3.63, 3.8) is 0 Å². The Bertz CT molecular complexity index is 493. The van der Waals surface area contributed by atoms with Crippen molar-refractivity contribution in [2.24, 2.45) is 82.9 Å². The van der Waals surface area contributed by atoms with E-state index in [1.165, 1.54) is 82.9 Å². The smallest absolute Gasteiger partial charge is 0.0313 e. The van der Waals surface area contributed by atoms with Crippen molar-refractivity contribution in [2.75, 3.05) is 0 Å². The zero-order valence-corrected chi connectivity index (χ0v) is 15.2. The Morgan fingerprint density at radius 1 is 0.292 bits per heavy atom. The predicted molar refractivity (Wildman–Crippen MR) is 95.0 cm³/mol. The summed E-state index contributed by atoms with van der Waals surface area (Å²) in [6.07, 6.45) is 16.6. The van der Waals surface area contributed by atoms with Crippen molar-refractivity contribution >= 4 is 0 Å². The molecule has 24 heavy (non-hydrogen) atoms. The molecule has 8 rings (SSSR count). The van der Waals surface area contributed by atoms with Crippen LogP contribution in [0.4, 0.5) is 0 Å². The molecular formula is C24H34. The van der Waals surface area contributed by atoms with Crippen LogP contribution in [0.3, 0.4) is 0 Å². The van der Waals surface area contributed by atoms with Gasteiger partial charge in [0.1, 0.15) is 0 Å². The van der Waals surface area contributed by atoms with Crippen molar-refractivity contribution in [1.29, 1.82) is 0 Å². The molecule has 12 unspecified atom stereocenters. The molecule has 0 aromatic heterocycles. The van der Waals surface area contributed by atoms with Crippen LogP contribution >= 0.6 is 0 Å². The molecule has 130 valence electrons. The molecule has 0 aromatic carbocycles. The van der Waals surface area contributed by atoms with Gasteiger partial charge in [-0.3, -0.25) is 0 Å². The van der Waals surface area contributed by atoms with Gasteiger partial charge in [0.15, 0.2) is 0 Å². The molecule has 0 aliphatic heterocycles. The van der Waals surface area contributed by atoms with Crippen LogP contribution in [0, 0.1) is 82.9 Å². The molecule has 12 atom stereocenters. The molecule has 0 heterocycles. The average molecular weight is 323 g/mol. The quantitative estimate of drug-likeness (QED) is 0.543. The third-order valence-corrected chi connectivity index (χ3v) is 12.2. The van der Waals surface area contributed by atoms with Gasteiger partial charge in [-0.25, -0.2) is 0 Å². The molecule has 0 spiro atoms. The van der Waals surface area contributed by atoms with E-state index in [-0.39, 0.29) is 0 Å². The van der Waals surface area contributed by atoms with Crippen molar-refractivity contribution in [1.82, 2.24) is 0 Å². The lowest BCUT2D eigenvalue weighted by molar-refractivity contribution is -0.179. The number of rotatable bonds is 0. The van der Waals surface area contributed by atoms with E-state index < -0.39 is 0 Å². The minimum Gasteiger partial charge on any atom is -0.0499 e. The molecule has 0 N–H and O–H groups in total. The molecule has 0 amide bonds. The summed E-state index contributed by atoms with van der Waals surface area (Å²) in [7, 11) is 0. The summed E-state index contributed by atoms with van der Waals surface area (Å²) >= 11 is 0. The maximum atomic E-state index is 1.69. The van der Waals surface area contributed by atoms with Crippen molar-refractivity contribution < 1.29 is 0 Å². The topological polar surface area (TPSA) is 0 Å². The van der Waals surface area contributed by atoms with E-state index >= 15 is 0 Å². The average Bonchev–Trinajstić information content (AvgIpc) is 3.35. The van der Waals surface area contributed by atoms with Crippen LogP contribution < -0.4 is 0 Å². The van der Waals surface area contributed by atoms with Gasteiger partial charge in [0.2, 0.25) is 0 Å². The Balaban J connectivity index is 1.37. The molecule has 0 saturated heterocycles. The van der Waals surface area contributed by atoms with Crippen LogP contribution in [0.2, 0.25) is 0 Å². The summed E-state index contributed by atoms with van der Waals surface area (Å²) in [5.74, 6) is 17.0. The van der Waals surface area contributed by atoms with Gasteiger partial charge in [-0.2, -0.15) is 0 Å². The van der Waals surface area contributed by atoms with E-state index in [4.69, 9.17) is 0 Å². The first-order valence-electron chi connectivity index (χ1n) is 11.9. The van der Waals surface area contributed by atoms with Gasteiger partial charge in [0.05, 0.1) is 0 Å². The van der Waals surface area contributed by atoms with E-state index in [0.29, 0.717) is 0 Å². The van der Waals surface area contributed by atoms with Crippen molar-refractivity contribution in [3.05, 3.63) is 0 Å². The Morgan fingerprint density at radius 2 is 0.583 bits per heavy atom. The highest BCUT2D eigenvalue weighted by Crippen LogP contribution is 2.77. The first kappa shape index (κ1) is 13.2. The second-order valence-corrected chi connectivity index (χ2v) is 11.9. The fourth-order valence-corrected chi connectivity index (χ4v) is 12.4. The largest absolute Gasteiger partial charge is 0.0499 e. The molecule has 8 fully saturated rings. The van der Waals surface area contributed by atoms with Gasteiger partial charge in [-0.1, -0.05) is 0 Å². The summed E-state index contributed by atoms with van der Waals surface area (Å²) in [6, 6.07) is 0. The zero-order chi connectivity index (χ0) is 15.2. The summed E-state index contributed by atoms with van der Waals surface area (Å²) < 4.78 is 0. The van der Waals surface area contributed by atoms with Gasteiger partial charge in [-0.15, -0.1) is 0 Å². The Labute approximate surface area is 147 Å². The summed E-state index contributed by atoms with van der Waals surface area (Å²) in [4.78, 5) is 0. The van der Waals surface area contributed by atoms with Crippen molar-refractivity contribution in [3.8, 4) is 0 Å². The summed E-state index contributed by atoms with van der Waals surface area (Å²) in [5, 5.41) is 0. The van der Waals surface area contributed by atoms with Crippen LogP contribution in [0.5, 0.6) is 0 Å².